The normalized spacial score (nSPS) is 14.6. The first-order valence-electron chi connectivity index (χ1n) is 35.2. The van der Waals surface area contributed by atoms with E-state index in [4.69, 9.17) is 37.0 Å². The van der Waals surface area contributed by atoms with Gasteiger partial charge in [-0.3, -0.25) is 37.3 Å². The van der Waals surface area contributed by atoms with Crippen LogP contribution in [0.4, 0.5) is 0 Å². The lowest BCUT2D eigenvalue weighted by Gasteiger charge is -2.21. The van der Waals surface area contributed by atoms with E-state index < -0.39 is 97.5 Å². The fraction of sp³-hybridized carbons (Fsp3) is 0.941. The van der Waals surface area contributed by atoms with Crippen LogP contribution in [-0.2, 0) is 65.4 Å². The summed E-state index contributed by atoms with van der Waals surface area (Å²) in [6.45, 7) is 14.0. The van der Waals surface area contributed by atoms with Gasteiger partial charge in [0.15, 0.2) is 12.2 Å². The Bertz CT molecular complexity index is 1730. The van der Waals surface area contributed by atoms with E-state index in [1.165, 1.54) is 135 Å². The van der Waals surface area contributed by atoms with Crippen molar-refractivity contribution >= 4 is 39.5 Å². The van der Waals surface area contributed by atoms with Gasteiger partial charge in [-0.15, -0.1) is 0 Å². The monoisotopic (exact) mass is 1280 g/mol. The van der Waals surface area contributed by atoms with Crippen molar-refractivity contribution in [3.8, 4) is 0 Å². The number of carbonyl (C=O) groups is 4. The van der Waals surface area contributed by atoms with Crippen molar-refractivity contribution in [2.45, 2.75) is 350 Å². The van der Waals surface area contributed by atoms with E-state index in [1.807, 2.05) is 0 Å². The second-order valence-electron chi connectivity index (χ2n) is 26.2. The van der Waals surface area contributed by atoms with Crippen molar-refractivity contribution < 1.29 is 80.2 Å². The molecule has 0 fully saturated rings. The molecule has 0 heterocycles. The molecule has 0 rings (SSSR count). The standard InChI is InChI=1S/C68H132O17P2/c1-9-61(8)47-39-31-26-27-35-43-51-68(73)85-64(55-79-66(71)49-41-33-24-18-16-21-29-37-45-59(4)5)57-83-87(76,77)81-53-62(69)52-80-86(74,75)82-56-63(84-67(72)50-42-34-25-19-17-22-30-38-46-60(6)7)54-78-65(70)48-40-32-23-15-13-11-10-12-14-20-28-36-44-58(2)3/h58-64,69H,9-57H2,1-8H3,(H,74,75)(H,76,77)/t61?,62?,63-,64-/m1/s1. The van der Waals surface area contributed by atoms with Gasteiger partial charge in [0.05, 0.1) is 26.4 Å². The predicted molar refractivity (Wildman–Crippen MR) is 349 cm³/mol. The van der Waals surface area contributed by atoms with Gasteiger partial charge in [0.1, 0.15) is 19.3 Å². The van der Waals surface area contributed by atoms with Gasteiger partial charge in [-0.1, -0.05) is 280 Å². The zero-order valence-corrected chi connectivity index (χ0v) is 58.4. The third-order valence-electron chi connectivity index (χ3n) is 15.9. The van der Waals surface area contributed by atoms with Crippen molar-refractivity contribution in [3.05, 3.63) is 0 Å². The number of hydrogen-bond acceptors (Lipinski definition) is 15. The minimum Gasteiger partial charge on any atom is -0.462 e. The van der Waals surface area contributed by atoms with Crippen LogP contribution in [-0.4, -0.2) is 96.7 Å². The first kappa shape index (κ1) is 85.1. The molecule has 516 valence electrons. The van der Waals surface area contributed by atoms with E-state index in [0.29, 0.717) is 25.7 Å². The lowest BCUT2D eigenvalue weighted by atomic mass is 10.00. The van der Waals surface area contributed by atoms with Crippen LogP contribution in [0.25, 0.3) is 0 Å². The Labute approximate surface area is 530 Å². The molecule has 0 aromatic rings. The second-order valence-corrected chi connectivity index (χ2v) is 29.1. The molecular formula is C68H132O17P2. The quantitative estimate of drug-likeness (QED) is 0.0222. The summed E-state index contributed by atoms with van der Waals surface area (Å²) >= 11 is 0. The molecule has 0 saturated carbocycles. The van der Waals surface area contributed by atoms with E-state index in [2.05, 4.69) is 55.4 Å². The number of esters is 4. The molecule has 87 heavy (non-hydrogen) atoms. The van der Waals surface area contributed by atoms with Crippen LogP contribution in [0.5, 0.6) is 0 Å². The molecule has 0 bridgehead atoms. The van der Waals surface area contributed by atoms with Crippen molar-refractivity contribution in [2.75, 3.05) is 39.6 Å². The Morgan fingerprint density at radius 2 is 0.552 bits per heavy atom. The average molecular weight is 1280 g/mol. The van der Waals surface area contributed by atoms with Crippen molar-refractivity contribution in [3.63, 3.8) is 0 Å². The molecule has 0 aromatic carbocycles. The van der Waals surface area contributed by atoms with Crippen molar-refractivity contribution in [1.29, 1.82) is 0 Å². The Hall–Kier alpha value is -1.94. The Kier molecular flexibility index (Phi) is 56.6. The zero-order valence-electron chi connectivity index (χ0n) is 56.6. The van der Waals surface area contributed by atoms with Crippen LogP contribution in [0.2, 0.25) is 0 Å². The van der Waals surface area contributed by atoms with Gasteiger partial charge in [-0.25, -0.2) is 9.13 Å². The van der Waals surface area contributed by atoms with E-state index in [9.17, 15) is 43.2 Å². The smallest absolute Gasteiger partial charge is 0.462 e. The van der Waals surface area contributed by atoms with Crippen LogP contribution in [0.1, 0.15) is 331 Å². The summed E-state index contributed by atoms with van der Waals surface area (Å²) in [5, 5.41) is 10.6. The third kappa shape index (κ3) is 61.3. The molecule has 6 atom stereocenters. The summed E-state index contributed by atoms with van der Waals surface area (Å²) in [5.41, 5.74) is 0. The summed E-state index contributed by atoms with van der Waals surface area (Å²) in [7, 11) is -9.90. The van der Waals surface area contributed by atoms with Gasteiger partial charge >= 0.3 is 39.5 Å². The van der Waals surface area contributed by atoms with E-state index >= 15 is 0 Å². The van der Waals surface area contributed by atoms with Crippen LogP contribution < -0.4 is 0 Å². The highest BCUT2D eigenvalue weighted by Crippen LogP contribution is 2.45. The summed E-state index contributed by atoms with van der Waals surface area (Å²) in [5.74, 6) is 0.810. The molecule has 0 saturated heterocycles. The highest BCUT2D eigenvalue weighted by Gasteiger charge is 2.30. The lowest BCUT2D eigenvalue weighted by Crippen LogP contribution is -2.30. The van der Waals surface area contributed by atoms with E-state index in [-0.39, 0.29) is 25.7 Å². The van der Waals surface area contributed by atoms with Crippen molar-refractivity contribution in [2.24, 2.45) is 23.7 Å². The topological polar surface area (TPSA) is 237 Å². The molecule has 0 amide bonds. The summed E-state index contributed by atoms with van der Waals surface area (Å²) < 4.78 is 68.2. The number of phosphoric acid groups is 2. The number of ether oxygens (including phenoxy) is 4. The average Bonchev–Trinajstić information content (AvgIpc) is 3.55. The largest absolute Gasteiger partial charge is 0.472 e. The Balaban J connectivity index is 5.24. The Morgan fingerprint density at radius 1 is 0.322 bits per heavy atom. The van der Waals surface area contributed by atoms with E-state index in [1.54, 1.807) is 0 Å². The third-order valence-corrected chi connectivity index (χ3v) is 17.8. The van der Waals surface area contributed by atoms with Gasteiger partial charge in [0, 0.05) is 25.7 Å². The van der Waals surface area contributed by atoms with Gasteiger partial charge in [-0.05, 0) is 49.4 Å². The molecule has 4 unspecified atom stereocenters. The molecule has 17 nitrogen and oxygen atoms in total. The van der Waals surface area contributed by atoms with Gasteiger partial charge in [0.2, 0.25) is 0 Å². The number of aliphatic hydroxyl groups excluding tert-OH is 1. The second kappa shape index (κ2) is 57.9. The molecule has 0 aliphatic rings. The highest BCUT2D eigenvalue weighted by molar-refractivity contribution is 7.47. The first-order valence-corrected chi connectivity index (χ1v) is 38.2. The molecule has 0 aliphatic carbocycles. The maximum Gasteiger partial charge on any atom is 0.472 e. The number of unbranched alkanes of at least 4 members (excludes halogenated alkanes) is 30. The SMILES string of the molecule is CCC(C)CCCCCCCCC(=O)O[C@H](COC(=O)CCCCCCCCCCC(C)C)COP(=O)(O)OCC(O)COP(=O)(O)OC[C@@H](COC(=O)CCCCCCCCCCCCCCC(C)C)OC(=O)CCCCCCCCCCC(C)C. The number of rotatable bonds is 65. The van der Waals surface area contributed by atoms with Crippen LogP contribution in [0.15, 0.2) is 0 Å². The van der Waals surface area contributed by atoms with Crippen LogP contribution >= 0.6 is 15.6 Å². The minimum absolute atomic E-state index is 0.102. The number of hydrogen-bond donors (Lipinski definition) is 3. The first-order chi connectivity index (χ1) is 41.6. The molecule has 0 spiro atoms. The molecule has 19 heteroatoms. The lowest BCUT2D eigenvalue weighted by molar-refractivity contribution is -0.161. The highest BCUT2D eigenvalue weighted by atomic mass is 31.2. The summed E-state index contributed by atoms with van der Waals surface area (Å²) in [4.78, 5) is 72.4. The maximum absolute atomic E-state index is 13.0. The van der Waals surface area contributed by atoms with Crippen LogP contribution in [0, 0.1) is 23.7 Å². The predicted octanol–water partition coefficient (Wildman–Crippen LogP) is 18.9. The molecule has 0 radical (unpaired) electrons. The Morgan fingerprint density at radius 3 is 0.816 bits per heavy atom. The number of carbonyl (C=O) groups excluding carboxylic acids is 4. The van der Waals surface area contributed by atoms with Gasteiger partial charge in [0.25, 0.3) is 0 Å². The number of aliphatic hydroxyl groups is 1. The van der Waals surface area contributed by atoms with Gasteiger partial charge in [-0.2, -0.15) is 0 Å². The van der Waals surface area contributed by atoms with Crippen LogP contribution in [0.3, 0.4) is 0 Å². The van der Waals surface area contributed by atoms with Crippen molar-refractivity contribution in [1.82, 2.24) is 0 Å². The fourth-order valence-electron chi connectivity index (χ4n) is 10.1. The molecule has 3 N–H and O–H groups in total. The van der Waals surface area contributed by atoms with E-state index in [0.717, 1.165) is 114 Å². The zero-order chi connectivity index (χ0) is 64.7. The fourth-order valence-corrected chi connectivity index (χ4v) is 11.7. The molecular weight excluding hydrogens is 1150 g/mol. The maximum atomic E-state index is 13.0. The molecule has 0 aromatic heterocycles. The molecule has 0 aliphatic heterocycles. The minimum atomic E-state index is -4.95. The summed E-state index contributed by atoms with van der Waals surface area (Å²) in [6, 6.07) is 0. The number of phosphoric ester groups is 2. The van der Waals surface area contributed by atoms with Gasteiger partial charge < -0.3 is 33.8 Å². The summed E-state index contributed by atoms with van der Waals surface area (Å²) in [6.07, 6.45) is 39.1.